The van der Waals surface area contributed by atoms with Gasteiger partial charge in [-0.25, -0.2) is 9.18 Å². The predicted octanol–water partition coefficient (Wildman–Crippen LogP) is 1.82. The molecule has 0 aliphatic carbocycles. The van der Waals surface area contributed by atoms with Crippen LogP contribution < -0.4 is 10.1 Å². The number of amides is 1. The van der Waals surface area contributed by atoms with Crippen molar-refractivity contribution in [2.45, 2.75) is 26.3 Å². The van der Waals surface area contributed by atoms with Crippen molar-refractivity contribution >= 4 is 11.9 Å². The molecule has 0 spiro atoms. The van der Waals surface area contributed by atoms with Crippen LogP contribution >= 0.6 is 0 Å². The highest BCUT2D eigenvalue weighted by Gasteiger charge is 2.09. The molecule has 6 heteroatoms. The maximum absolute atomic E-state index is 13.1. The fraction of sp³-hybridized carbons (Fsp3) is 0.385. The Labute approximate surface area is 110 Å². The second kappa shape index (κ2) is 6.72. The third kappa shape index (κ3) is 5.37. The normalized spacial score (nSPS) is 10.3. The minimum absolute atomic E-state index is 0.0419. The molecule has 0 atom stereocenters. The van der Waals surface area contributed by atoms with Crippen LogP contribution in [0.4, 0.5) is 4.39 Å². The summed E-state index contributed by atoms with van der Waals surface area (Å²) in [6, 6.07) is 3.24. The van der Waals surface area contributed by atoms with Gasteiger partial charge < -0.3 is 15.2 Å². The number of carboxylic acids is 1. The van der Waals surface area contributed by atoms with Gasteiger partial charge in [-0.1, -0.05) is 0 Å². The number of hydrogen-bond donors (Lipinski definition) is 2. The second-order valence-electron chi connectivity index (χ2n) is 4.30. The van der Waals surface area contributed by atoms with Crippen LogP contribution in [0, 0.1) is 5.82 Å². The average Bonchev–Trinajstić information content (AvgIpc) is 2.27. The molecule has 0 radical (unpaired) electrons. The monoisotopic (exact) mass is 269 g/mol. The topological polar surface area (TPSA) is 75.6 Å². The van der Waals surface area contributed by atoms with Crippen molar-refractivity contribution < 1.29 is 23.8 Å². The number of carbonyl (C=O) groups excluding carboxylic acids is 1. The van der Waals surface area contributed by atoms with Crippen molar-refractivity contribution in [3.63, 3.8) is 0 Å². The van der Waals surface area contributed by atoms with E-state index in [0.29, 0.717) is 0 Å². The van der Waals surface area contributed by atoms with Gasteiger partial charge in [0.2, 0.25) is 5.91 Å². The summed E-state index contributed by atoms with van der Waals surface area (Å²) in [7, 11) is 0. The Kier molecular flexibility index (Phi) is 5.29. The molecule has 0 aliphatic rings. The van der Waals surface area contributed by atoms with Crippen molar-refractivity contribution in [2.24, 2.45) is 0 Å². The molecule has 2 N–H and O–H groups in total. The van der Waals surface area contributed by atoms with E-state index in [4.69, 9.17) is 9.84 Å². The number of hydrogen-bond acceptors (Lipinski definition) is 3. The highest BCUT2D eigenvalue weighted by atomic mass is 19.1. The van der Waals surface area contributed by atoms with Crippen LogP contribution in [0.15, 0.2) is 18.2 Å². The molecular weight excluding hydrogens is 253 g/mol. The fourth-order valence-electron chi connectivity index (χ4n) is 1.43. The minimum Gasteiger partial charge on any atom is -0.493 e. The van der Waals surface area contributed by atoms with Gasteiger partial charge >= 0.3 is 5.97 Å². The molecular formula is C13H16FNO4. The molecule has 0 unspecified atom stereocenters. The molecule has 0 heterocycles. The van der Waals surface area contributed by atoms with Gasteiger partial charge in [0.05, 0.1) is 18.6 Å². The van der Waals surface area contributed by atoms with E-state index < -0.39 is 11.8 Å². The molecule has 5 nitrogen and oxygen atoms in total. The van der Waals surface area contributed by atoms with Gasteiger partial charge in [0, 0.05) is 12.1 Å². The Balaban J connectivity index is 2.54. The van der Waals surface area contributed by atoms with E-state index in [0.717, 1.165) is 12.1 Å². The van der Waals surface area contributed by atoms with Crippen LogP contribution in [0.3, 0.4) is 0 Å². The smallest absolute Gasteiger partial charge is 0.335 e. The molecule has 1 aromatic carbocycles. The Hall–Kier alpha value is -2.11. The van der Waals surface area contributed by atoms with Crippen molar-refractivity contribution in [3.8, 4) is 5.75 Å². The van der Waals surface area contributed by atoms with E-state index in [2.05, 4.69) is 5.32 Å². The quantitative estimate of drug-likeness (QED) is 0.826. The second-order valence-corrected chi connectivity index (χ2v) is 4.30. The molecule has 1 amide bonds. The summed E-state index contributed by atoms with van der Waals surface area (Å²) in [5, 5.41) is 11.4. The largest absolute Gasteiger partial charge is 0.493 e. The van der Waals surface area contributed by atoms with E-state index >= 15 is 0 Å². The molecule has 1 rings (SSSR count). The summed E-state index contributed by atoms with van der Waals surface area (Å²) in [6.07, 6.45) is 0.122. The van der Waals surface area contributed by atoms with Crippen LogP contribution in [-0.4, -0.2) is 29.6 Å². The first kappa shape index (κ1) is 14.9. The van der Waals surface area contributed by atoms with Gasteiger partial charge in [-0.2, -0.15) is 0 Å². The summed E-state index contributed by atoms with van der Waals surface area (Å²) >= 11 is 0. The minimum atomic E-state index is -1.23. The number of aromatic carboxylic acids is 1. The number of carbonyl (C=O) groups is 2. The number of halogens is 1. The fourth-order valence-corrected chi connectivity index (χ4v) is 1.43. The average molecular weight is 269 g/mol. The lowest BCUT2D eigenvalue weighted by molar-refractivity contribution is -0.122. The summed E-state index contributed by atoms with van der Waals surface area (Å²) in [6.45, 7) is 3.73. The van der Waals surface area contributed by atoms with Gasteiger partial charge in [0.1, 0.15) is 11.6 Å². The van der Waals surface area contributed by atoms with Crippen LogP contribution in [0.2, 0.25) is 0 Å². The maximum atomic E-state index is 13.1. The lowest BCUT2D eigenvalue weighted by Crippen LogP contribution is -2.31. The summed E-state index contributed by atoms with van der Waals surface area (Å²) in [5.74, 6) is -2.01. The van der Waals surface area contributed by atoms with Gasteiger partial charge in [-0.05, 0) is 26.0 Å². The van der Waals surface area contributed by atoms with Crippen molar-refractivity contribution in [3.05, 3.63) is 29.6 Å². The molecule has 0 aromatic heterocycles. The molecule has 0 saturated carbocycles. The van der Waals surface area contributed by atoms with Crippen LogP contribution in [0.5, 0.6) is 5.75 Å². The van der Waals surface area contributed by atoms with Crippen molar-refractivity contribution in [1.29, 1.82) is 0 Å². The first-order chi connectivity index (χ1) is 8.88. The zero-order valence-electron chi connectivity index (χ0n) is 10.8. The Morgan fingerprint density at radius 2 is 2.05 bits per heavy atom. The molecule has 0 aliphatic heterocycles. The Bertz CT molecular complexity index is 474. The number of benzene rings is 1. The molecule has 1 aromatic rings. The van der Waals surface area contributed by atoms with Gasteiger partial charge in [0.15, 0.2) is 0 Å². The van der Waals surface area contributed by atoms with Gasteiger partial charge in [-0.15, -0.1) is 0 Å². The van der Waals surface area contributed by atoms with E-state index in [1.54, 1.807) is 0 Å². The van der Waals surface area contributed by atoms with Gasteiger partial charge in [-0.3, -0.25) is 4.79 Å². The summed E-state index contributed by atoms with van der Waals surface area (Å²) in [5.41, 5.74) is -0.193. The number of rotatable bonds is 6. The standard InChI is InChI=1S/C13H16FNO4/c1-8(2)15-12(16)3-4-19-11-6-9(13(17)18)5-10(14)7-11/h5-8H,3-4H2,1-2H3,(H,15,16)(H,17,18). The molecule has 0 saturated heterocycles. The van der Waals surface area contributed by atoms with Crippen LogP contribution in [-0.2, 0) is 4.79 Å². The number of ether oxygens (including phenoxy) is 1. The highest BCUT2D eigenvalue weighted by molar-refractivity contribution is 5.88. The molecule has 104 valence electrons. The van der Waals surface area contributed by atoms with Crippen molar-refractivity contribution in [2.75, 3.05) is 6.61 Å². The van der Waals surface area contributed by atoms with Gasteiger partial charge in [0.25, 0.3) is 0 Å². The predicted molar refractivity (Wildman–Crippen MR) is 66.8 cm³/mol. The Morgan fingerprint density at radius 1 is 1.37 bits per heavy atom. The zero-order chi connectivity index (χ0) is 14.4. The van der Waals surface area contributed by atoms with Crippen molar-refractivity contribution in [1.82, 2.24) is 5.32 Å². The van der Waals surface area contributed by atoms with E-state index in [9.17, 15) is 14.0 Å². The summed E-state index contributed by atoms with van der Waals surface area (Å²) < 4.78 is 18.3. The third-order valence-electron chi connectivity index (χ3n) is 2.17. The first-order valence-electron chi connectivity index (χ1n) is 5.84. The van der Waals surface area contributed by atoms with E-state index in [1.807, 2.05) is 13.8 Å². The summed E-state index contributed by atoms with van der Waals surface area (Å²) in [4.78, 5) is 22.0. The third-order valence-corrected chi connectivity index (χ3v) is 2.17. The maximum Gasteiger partial charge on any atom is 0.335 e. The molecule has 19 heavy (non-hydrogen) atoms. The Morgan fingerprint density at radius 3 is 2.63 bits per heavy atom. The van der Waals surface area contributed by atoms with E-state index in [1.165, 1.54) is 6.07 Å². The first-order valence-corrected chi connectivity index (χ1v) is 5.84. The van der Waals surface area contributed by atoms with Crippen LogP contribution in [0.25, 0.3) is 0 Å². The number of nitrogens with one attached hydrogen (secondary N) is 1. The zero-order valence-corrected chi connectivity index (χ0v) is 10.8. The molecule has 0 fully saturated rings. The molecule has 0 bridgehead atoms. The lowest BCUT2D eigenvalue weighted by atomic mass is 10.2. The SMILES string of the molecule is CC(C)NC(=O)CCOc1cc(F)cc(C(=O)O)c1. The van der Waals surface area contributed by atoms with E-state index in [-0.39, 0.29) is 36.3 Å². The lowest BCUT2D eigenvalue weighted by Gasteiger charge is -2.09. The highest BCUT2D eigenvalue weighted by Crippen LogP contribution is 2.16. The number of carboxylic acid groups (broad SMARTS) is 1. The van der Waals surface area contributed by atoms with Crippen LogP contribution in [0.1, 0.15) is 30.6 Å².